The molecule has 2 heterocycles. The molecule has 3 aliphatic rings. The first-order valence-corrected chi connectivity index (χ1v) is 10.5. The fourth-order valence-corrected chi connectivity index (χ4v) is 6.61. The maximum absolute atomic E-state index is 11.7. The van der Waals surface area contributed by atoms with Gasteiger partial charge in [-0.3, -0.25) is 4.99 Å². The van der Waals surface area contributed by atoms with Crippen LogP contribution >= 0.6 is 11.8 Å². The Bertz CT molecular complexity index is 503. The molecule has 0 aromatic carbocycles. The molecule has 3 unspecified atom stereocenters. The highest BCUT2D eigenvalue weighted by molar-refractivity contribution is 8.14. The van der Waals surface area contributed by atoms with Gasteiger partial charge in [0.1, 0.15) is 0 Å². The van der Waals surface area contributed by atoms with Crippen LogP contribution in [0, 0.1) is 5.92 Å². The predicted octanol–water partition coefficient (Wildman–Crippen LogP) is 2.20. The first-order valence-electron chi connectivity index (χ1n) is 7.66. The van der Waals surface area contributed by atoms with Crippen LogP contribution in [0.4, 0.5) is 0 Å². The summed E-state index contributed by atoms with van der Waals surface area (Å²) in [5.74, 6) is 2.46. The average Bonchev–Trinajstić information content (AvgIpc) is 2.70. The summed E-state index contributed by atoms with van der Waals surface area (Å²) in [6.45, 7) is 2.33. The number of rotatable bonds is 1. The standard InChI is InChI=1S/C14H24N2O2S2/c1-11-4-2-6-14(8-11)10-19-13(16-14)15-12-5-3-7-20(17,18)9-12/h11-12H,2-10H2,1H3,(H,15,16). The number of nitrogens with zero attached hydrogens (tertiary/aromatic N) is 1. The molecule has 6 heteroatoms. The molecule has 0 amide bonds. The molecule has 4 nitrogen and oxygen atoms in total. The molecule has 0 radical (unpaired) electrons. The number of thioether (sulfide) groups is 1. The molecule has 0 aromatic rings. The molecule has 1 N–H and O–H groups in total. The smallest absolute Gasteiger partial charge is 0.157 e. The van der Waals surface area contributed by atoms with Gasteiger partial charge in [0, 0.05) is 11.3 Å². The Morgan fingerprint density at radius 3 is 2.95 bits per heavy atom. The van der Waals surface area contributed by atoms with Crippen molar-refractivity contribution in [3.8, 4) is 0 Å². The van der Waals surface area contributed by atoms with E-state index in [1.807, 2.05) is 0 Å². The molecule has 20 heavy (non-hydrogen) atoms. The van der Waals surface area contributed by atoms with Crippen LogP contribution in [0.1, 0.15) is 45.4 Å². The zero-order valence-electron chi connectivity index (χ0n) is 12.1. The second kappa shape index (κ2) is 5.52. The van der Waals surface area contributed by atoms with Crippen LogP contribution in [0.15, 0.2) is 4.99 Å². The van der Waals surface area contributed by atoms with Crippen molar-refractivity contribution >= 4 is 26.8 Å². The Morgan fingerprint density at radius 1 is 1.35 bits per heavy atom. The lowest BCUT2D eigenvalue weighted by Crippen LogP contribution is -2.47. The van der Waals surface area contributed by atoms with Gasteiger partial charge in [0.05, 0.1) is 17.5 Å². The monoisotopic (exact) mass is 316 g/mol. The minimum Gasteiger partial charge on any atom is -0.359 e. The van der Waals surface area contributed by atoms with Crippen molar-refractivity contribution in [2.75, 3.05) is 17.3 Å². The van der Waals surface area contributed by atoms with Crippen molar-refractivity contribution in [2.45, 2.75) is 57.0 Å². The topological polar surface area (TPSA) is 58.5 Å². The molecule has 1 spiro atoms. The average molecular weight is 316 g/mol. The van der Waals surface area contributed by atoms with E-state index in [1.165, 1.54) is 25.7 Å². The molecule has 114 valence electrons. The number of hydrogen-bond donors (Lipinski definition) is 1. The Morgan fingerprint density at radius 2 is 2.20 bits per heavy atom. The van der Waals surface area contributed by atoms with Crippen molar-refractivity contribution < 1.29 is 8.42 Å². The minimum absolute atomic E-state index is 0.0279. The summed E-state index contributed by atoms with van der Waals surface area (Å²) in [5, 5.41) is 4.62. The van der Waals surface area contributed by atoms with Gasteiger partial charge in [-0.2, -0.15) is 0 Å². The maximum atomic E-state index is 11.7. The van der Waals surface area contributed by atoms with Crippen molar-refractivity contribution in [3.05, 3.63) is 0 Å². The maximum Gasteiger partial charge on any atom is 0.157 e. The Labute approximate surface area is 126 Å². The lowest BCUT2D eigenvalue weighted by Gasteiger charge is -2.36. The molecule has 2 aliphatic heterocycles. The lowest BCUT2D eigenvalue weighted by atomic mass is 9.78. The number of nitrogens with one attached hydrogen (secondary N) is 1. The SMILES string of the molecule is CC1CCCC2(CSC(=NC3CCCS(=O)(=O)C3)N2)C1. The van der Waals surface area contributed by atoms with Gasteiger partial charge in [-0.1, -0.05) is 31.5 Å². The van der Waals surface area contributed by atoms with Gasteiger partial charge < -0.3 is 5.32 Å². The third-order valence-electron chi connectivity index (χ3n) is 4.69. The van der Waals surface area contributed by atoms with Gasteiger partial charge in [0.15, 0.2) is 15.0 Å². The third kappa shape index (κ3) is 3.32. The Balaban J connectivity index is 1.66. The van der Waals surface area contributed by atoms with Gasteiger partial charge in [-0.05, 0) is 31.6 Å². The zero-order valence-corrected chi connectivity index (χ0v) is 13.7. The van der Waals surface area contributed by atoms with E-state index in [1.54, 1.807) is 11.8 Å². The summed E-state index contributed by atoms with van der Waals surface area (Å²) >= 11 is 1.79. The van der Waals surface area contributed by atoms with Crippen LogP contribution in [0.3, 0.4) is 0 Å². The van der Waals surface area contributed by atoms with Gasteiger partial charge in [0.25, 0.3) is 0 Å². The number of sulfone groups is 1. The molecule has 1 aliphatic carbocycles. The van der Waals surface area contributed by atoms with Crippen LogP contribution < -0.4 is 5.32 Å². The largest absolute Gasteiger partial charge is 0.359 e. The van der Waals surface area contributed by atoms with E-state index in [4.69, 9.17) is 4.99 Å². The summed E-state index contributed by atoms with van der Waals surface area (Å²) in [4.78, 5) is 4.69. The van der Waals surface area contributed by atoms with Crippen molar-refractivity contribution in [1.29, 1.82) is 0 Å². The van der Waals surface area contributed by atoms with Crippen molar-refractivity contribution in [3.63, 3.8) is 0 Å². The molecule has 2 saturated heterocycles. The van der Waals surface area contributed by atoms with Crippen molar-refractivity contribution in [2.24, 2.45) is 10.9 Å². The van der Waals surface area contributed by atoms with Gasteiger partial charge in [-0.15, -0.1) is 0 Å². The van der Waals surface area contributed by atoms with E-state index < -0.39 is 9.84 Å². The lowest BCUT2D eigenvalue weighted by molar-refractivity contribution is 0.242. The highest BCUT2D eigenvalue weighted by Crippen LogP contribution is 2.39. The summed E-state index contributed by atoms with van der Waals surface area (Å²) in [5.41, 5.74) is 0.231. The molecule has 1 saturated carbocycles. The van der Waals surface area contributed by atoms with Crippen molar-refractivity contribution in [1.82, 2.24) is 5.32 Å². The quantitative estimate of drug-likeness (QED) is 0.806. The molecular weight excluding hydrogens is 292 g/mol. The summed E-state index contributed by atoms with van der Waals surface area (Å²) in [7, 11) is -2.86. The van der Waals surface area contributed by atoms with Gasteiger partial charge in [0.2, 0.25) is 0 Å². The molecular formula is C14H24N2O2S2. The first kappa shape index (κ1) is 14.7. The number of hydrogen-bond acceptors (Lipinski definition) is 4. The minimum atomic E-state index is -2.86. The highest BCUT2D eigenvalue weighted by Gasteiger charge is 2.40. The van der Waals surface area contributed by atoms with Gasteiger partial charge in [-0.25, -0.2) is 8.42 Å². The van der Waals surface area contributed by atoms with Crippen LogP contribution in [-0.4, -0.2) is 42.4 Å². The predicted molar refractivity (Wildman–Crippen MR) is 85.1 cm³/mol. The second-order valence-corrected chi connectivity index (χ2v) is 9.93. The summed E-state index contributed by atoms with van der Waals surface area (Å²) in [6, 6.07) is -0.0279. The van der Waals surface area contributed by atoms with E-state index >= 15 is 0 Å². The molecule has 0 bridgehead atoms. The first-order chi connectivity index (χ1) is 9.46. The molecule has 0 aromatic heterocycles. The zero-order chi connectivity index (χ0) is 14.2. The highest BCUT2D eigenvalue weighted by atomic mass is 32.2. The fraction of sp³-hybridized carbons (Fsp3) is 0.929. The Hall–Kier alpha value is -0.230. The van der Waals surface area contributed by atoms with E-state index in [9.17, 15) is 8.42 Å². The van der Waals surface area contributed by atoms with Crippen LogP contribution in [-0.2, 0) is 9.84 Å². The van der Waals surface area contributed by atoms with E-state index in [0.717, 1.165) is 29.7 Å². The van der Waals surface area contributed by atoms with E-state index in [-0.39, 0.29) is 17.3 Å². The molecule has 3 atom stereocenters. The fourth-order valence-electron chi connectivity index (χ4n) is 3.75. The van der Waals surface area contributed by atoms with E-state index in [2.05, 4.69) is 12.2 Å². The van der Waals surface area contributed by atoms with Crippen LogP contribution in [0.5, 0.6) is 0 Å². The number of amidine groups is 1. The van der Waals surface area contributed by atoms with Crippen LogP contribution in [0.25, 0.3) is 0 Å². The van der Waals surface area contributed by atoms with Crippen LogP contribution in [0.2, 0.25) is 0 Å². The Kier molecular flexibility index (Phi) is 4.06. The third-order valence-corrected chi connectivity index (χ3v) is 7.67. The normalized spacial score (nSPS) is 42.8. The molecule has 3 rings (SSSR count). The van der Waals surface area contributed by atoms with Gasteiger partial charge >= 0.3 is 0 Å². The van der Waals surface area contributed by atoms with E-state index in [0.29, 0.717) is 5.75 Å². The number of aliphatic imine (C=N–C) groups is 1. The molecule has 3 fully saturated rings. The second-order valence-electron chi connectivity index (χ2n) is 6.74. The summed E-state index contributed by atoms with van der Waals surface area (Å²) < 4.78 is 23.4. The summed E-state index contributed by atoms with van der Waals surface area (Å²) in [6.07, 6.45) is 6.75.